The number of piperidine rings is 1. The van der Waals surface area contributed by atoms with Crippen LogP contribution in [0.4, 0.5) is 14.9 Å². The number of aromatic nitrogens is 1. The van der Waals surface area contributed by atoms with E-state index in [4.69, 9.17) is 0 Å². The number of sulfone groups is 1. The molecule has 30 heavy (non-hydrogen) atoms. The number of nitrogens with zero attached hydrogens (tertiary/aromatic N) is 2. The number of carbonyl (C=O) groups is 1. The van der Waals surface area contributed by atoms with Crippen molar-refractivity contribution in [2.24, 2.45) is 0 Å². The zero-order valence-electron chi connectivity index (χ0n) is 16.6. The fourth-order valence-corrected chi connectivity index (χ4v) is 5.07. The van der Waals surface area contributed by atoms with E-state index in [1.165, 1.54) is 18.2 Å². The molecule has 160 valence electrons. The van der Waals surface area contributed by atoms with E-state index in [1.807, 2.05) is 4.90 Å². The molecule has 1 aliphatic rings. The Morgan fingerprint density at radius 2 is 2.03 bits per heavy atom. The highest BCUT2D eigenvalue weighted by molar-refractivity contribution is 7.92. The summed E-state index contributed by atoms with van der Waals surface area (Å²) < 4.78 is 40.6. The van der Waals surface area contributed by atoms with Gasteiger partial charge in [0.25, 0.3) is 0 Å². The van der Waals surface area contributed by atoms with Crippen LogP contribution in [0.15, 0.2) is 60.3 Å². The quantitative estimate of drug-likeness (QED) is 0.655. The van der Waals surface area contributed by atoms with Crippen molar-refractivity contribution >= 4 is 21.6 Å². The molecule has 1 aromatic carbocycles. The number of urea groups is 1. The maximum absolute atomic E-state index is 14.6. The van der Waals surface area contributed by atoms with Gasteiger partial charge in [-0.1, -0.05) is 18.6 Å². The van der Waals surface area contributed by atoms with Crippen molar-refractivity contribution in [1.82, 2.24) is 15.2 Å². The Bertz CT molecular complexity index is 993. The maximum atomic E-state index is 14.6. The highest BCUT2D eigenvalue weighted by atomic mass is 32.2. The summed E-state index contributed by atoms with van der Waals surface area (Å²) >= 11 is 0. The van der Waals surface area contributed by atoms with E-state index in [0.29, 0.717) is 13.1 Å². The Hall–Kier alpha value is -2.78. The summed E-state index contributed by atoms with van der Waals surface area (Å²) in [4.78, 5) is 17.7. The molecule has 1 fully saturated rings. The lowest BCUT2D eigenvalue weighted by atomic mass is 10.1. The molecule has 0 spiro atoms. The van der Waals surface area contributed by atoms with Gasteiger partial charge in [0, 0.05) is 18.9 Å². The highest BCUT2D eigenvalue weighted by Crippen LogP contribution is 2.26. The van der Waals surface area contributed by atoms with E-state index in [2.05, 4.69) is 22.2 Å². The monoisotopic (exact) mass is 432 g/mol. The van der Waals surface area contributed by atoms with E-state index < -0.39 is 27.1 Å². The third kappa shape index (κ3) is 5.22. The average Bonchev–Trinajstić information content (AvgIpc) is 2.75. The standard InChI is InChI=1S/C21H25FN4O3S/c1-2-20(26-11-4-3-5-12-26)30(28,29)17-8-9-19(18(22)13-17)25-21(27)24-15-16-7-6-10-23-14-16/h2,6-10,13-14,20H,1,3-5,11-12,15H2,(H2,24,25,27). The predicted octanol–water partition coefficient (Wildman–Crippen LogP) is 3.31. The molecule has 1 atom stereocenters. The molecule has 0 aliphatic carbocycles. The molecule has 7 nitrogen and oxygen atoms in total. The molecule has 1 saturated heterocycles. The van der Waals surface area contributed by atoms with Gasteiger partial charge in [-0.3, -0.25) is 9.88 Å². The van der Waals surface area contributed by atoms with Gasteiger partial charge in [0.1, 0.15) is 11.2 Å². The lowest BCUT2D eigenvalue weighted by molar-refractivity contribution is 0.229. The number of rotatable bonds is 7. The number of likely N-dealkylation sites (tertiary alicyclic amines) is 1. The second kappa shape index (κ2) is 9.82. The Morgan fingerprint density at radius 3 is 2.67 bits per heavy atom. The van der Waals surface area contributed by atoms with Gasteiger partial charge < -0.3 is 10.6 Å². The van der Waals surface area contributed by atoms with Crippen LogP contribution in [0.25, 0.3) is 0 Å². The normalized spacial score (nSPS) is 15.9. The Morgan fingerprint density at radius 1 is 1.27 bits per heavy atom. The van der Waals surface area contributed by atoms with Crippen LogP contribution in [-0.2, 0) is 16.4 Å². The molecule has 2 aromatic rings. The van der Waals surface area contributed by atoms with Crippen molar-refractivity contribution in [3.8, 4) is 0 Å². The maximum Gasteiger partial charge on any atom is 0.319 e. The molecule has 3 rings (SSSR count). The second-order valence-electron chi connectivity index (χ2n) is 7.08. The van der Waals surface area contributed by atoms with Crippen molar-refractivity contribution in [2.75, 3.05) is 18.4 Å². The summed E-state index contributed by atoms with van der Waals surface area (Å²) in [6, 6.07) is 6.43. The molecule has 2 N–H and O–H groups in total. The van der Waals surface area contributed by atoms with Crippen molar-refractivity contribution < 1.29 is 17.6 Å². The molecule has 1 unspecified atom stereocenters. The summed E-state index contributed by atoms with van der Waals surface area (Å²) in [7, 11) is -3.83. The lowest BCUT2D eigenvalue weighted by Crippen LogP contribution is -2.42. The van der Waals surface area contributed by atoms with Crippen molar-refractivity contribution in [3.05, 3.63) is 66.8 Å². The molecular formula is C21H25FN4O3S. The molecule has 9 heteroatoms. The van der Waals surface area contributed by atoms with Gasteiger partial charge in [-0.25, -0.2) is 17.6 Å². The third-order valence-electron chi connectivity index (χ3n) is 4.96. The van der Waals surface area contributed by atoms with Gasteiger partial charge in [0.15, 0.2) is 9.84 Å². The summed E-state index contributed by atoms with van der Waals surface area (Å²) in [6.07, 6.45) is 7.53. The largest absolute Gasteiger partial charge is 0.334 e. The SMILES string of the molecule is C=CC(N1CCCCC1)S(=O)(=O)c1ccc(NC(=O)NCc2cccnc2)c(F)c1. The molecule has 1 aliphatic heterocycles. The van der Waals surface area contributed by atoms with Crippen LogP contribution in [0.5, 0.6) is 0 Å². The Balaban J connectivity index is 1.69. The molecule has 2 heterocycles. The van der Waals surface area contributed by atoms with E-state index in [-0.39, 0.29) is 17.1 Å². The van der Waals surface area contributed by atoms with E-state index in [9.17, 15) is 17.6 Å². The van der Waals surface area contributed by atoms with Gasteiger partial charge >= 0.3 is 6.03 Å². The van der Waals surface area contributed by atoms with E-state index in [1.54, 1.807) is 24.5 Å². The number of hydrogen-bond donors (Lipinski definition) is 2. The van der Waals surface area contributed by atoms with Crippen molar-refractivity contribution in [2.45, 2.75) is 36.1 Å². The average molecular weight is 433 g/mol. The first-order valence-electron chi connectivity index (χ1n) is 9.75. The predicted molar refractivity (Wildman–Crippen MR) is 113 cm³/mol. The molecular weight excluding hydrogens is 407 g/mol. The number of nitrogens with one attached hydrogen (secondary N) is 2. The van der Waals surface area contributed by atoms with Crippen LogP contribution in [0, 0.1) is 5.82 Å². The molecule has 0 bridgehead atoms. The summed E-state index contributed by atoms with van der Waals surface area (Å²) in [5.74, 6) is -0.825. The number of amides is 2. The van der Waals surface area contributed by atoms with E-state index >= 15 is 0 Å². The number of benzene rings is 1. The van der Waals surface area contributed by atoms with Crippen LogP contribution in [0.3, 0.4) is 0 Å². The molecule has 0 radical (unpaired) electrons. The first kappa shape index (κ1) is 21.9. The molecule has 0 saturated carbocycles. The first-order valence-corrected chi connectivity index (χ1v) is 11.3. The summed E-state index contributed by atoms with van der Waals surface area (Å²) in [6.45, 7) is 5.22. The van der Waals surface area contributed by atoms with Gasteiger partial charge in [0.05, 0.1) is 10.6 Å². The van der Waals surface area contributed by atoms with Crippen LogP contribution in [0.2, 0.25) is 0 Å². The highest BCUT2D eigenvalue weighted by Gasteiger charge is 2.31. The smallest absolute Gasteiger partial charge is 0.319 e. The lowest BCUT2D eigenvalue weighted by Gasteiger charge is -2.32. The number of halogens is 1. The number of carbonyl (C=O) groups excluding carboxylic acids is 1. The van der Waals surface area contributed by atoms with Crippen molar-refractivity contribution in [3.63, 3.8) is 0 Å². The number of pyridine rings is 1. The molecule has 1 aromatic heterocycles. The minimum Gasteiger partial charge on any atom is -0.334 e. The first-order chi connectivity index (χ1) is 14.4. The van der Waals surface area contributed by atoms with E-state index in [0.717, 1.165) is 30.9 Å². The van der Waals surface area contributed by atoms with Crippen LogP contribution in [-0.4, -0.2) is 42.8 Å². The summed E-state index contributed by atoms with van der Waals surface area (Å²) in [5.41, 5.74) is 0.688. The fourth-order valence-electron chi connectivity index (χ4n) is 3.41. The minimum absolute atomic E-state index is 0.106. The van der Waals surface area contributed by atoms with Gasteiger partial charge in [-0.05, 0) is 55.8 Å². The van der Waals surface area contributed by atoms with Crippen LogP contribution < -0.4 is 10.6 Å². The van der Waals surface area contributed by atoms with Crippen LogP contribution in [0.1, 0.15) is 24.8 Å². The number of hydrogen-bond acceptors (Lipinski definition) is 5. The topological polar surface area (TPSA) is 91.4 Å². The van der Waals surface area contributed by atoms with Gasteiger partial charge in [0.2, 0.25) is 0 Å². The zero-order chi connectivity index (χ0) is 21.6. The summed E-state index contributed by atoms with van der Waals surface area (Å²) in [5, 5.41) is 4.09. The Kier molecular flexibility index (Phi) is 7.17. The van der Waals surface area contributed by atoms with Crippen molar-refractivity contribution in [1.29, 1.82) is 0 Å². The molecule has 2 amide bonds. The van der Waals surface area contributed by atoms with Gasteiger partial charge in [-0.15, -0.1) is 6.58 Å². The van der Waals surface area contributed by atoms with Crippen LogP contribution >= 0.6 is 0 Å². The minimum atomic E-state index is -3.83. The third-order valence-corrected chi connectivity index (χ3v) is 7.00. The Labute approximate surface area is 175 Å². The van der Waals surface area contributed by atoms with Gasteiger partial charge in [-0.2, -0.15) is 0 Å². The fraction of sp³-hybridized carbons (Fsp3) is 0.333. The zero-order valence-corrected chi connectivity index (χ0v) is 17.4. The number of anilines is 1. The second-order valence-corrected chi connectivity index (χ2v) is 9.12.